The number of carbonyl (C=O) groups excluding carboxylic acids is 1. The Kier molecular flexibility index (Phi) is 6.01. The molecule has 2 aliphatic rings. The predicted molar refractivity (Wildman–Crippen MR) is 118 cm³/mol. The minimum atomic E-state index is -4.14. The molecule has 174 valence electrons. The topological polar surface area (TPSA) is 90.3 Å². The van der Waals surface area contributed by atoms with Crippen LogP contribution >= 0.6 is 0 Å². The number of likely N-dealkylation sites (tertiary alicyclic amines) is 1. The zero-order valence-electron chi connectivity index (χ0n) is 18.2. The molecule has 2 atom stereocenters. The molecule has 9 heteroatoms. The van der Waals surface area contributed by atoms with Gasteiger partial charge in [0.15, 0.2) is 9.84 Å². The number of benzene rings is 2. The van der Waals surface area contributed by atoms with Crippen LogP contribution in [0.1, 0.15) is 37.3 Å². The van der Waals surface area contributed by atoms with Crippen LogP contribution in [0.25, 0.3) is 0 Å². The maximum atomic E-state index is 14.2. The molecular weight excluding hydrogens is 448 g/mol. The summed E-state index contributed by atoms with van der Waals surface area (Å²) in [5.41, 5.74) is -0.534. The molecule has 2 aromatic rings. The van der Waals surface area contributed by atoms with Gasteiger partial charge in [-0.3, -0.25) is 9.69 Å². The number of sulfone groups is 1. The molecule has 4 rings (SSSR count). The maximum absolute atomic E-state index is 14.2. The minimum absolute atomic E-state index is 0.0263. The first-order chi connectivity index (χ1) is 15.6. The van der Waals surface area contributed by atoms with Crippen molar-refractivity contribution in [1.29, 1.82) is 5.26 Å². The van der Waals surface area contributed by atoms with Gasteiger partial charge in [0.25, 0.3) is 5.92 Å². The largest absolute Gasteiger partial charge is 0.336 e. The Bertz CT molecular complexity index is 1190. The van der Waals surface area contributed by atoms with Crippen molar-refractivity contribution in [1.82, 2.24) is 10.2 Å². The molecule has 6 nitrogen and oxygen atoms in total. The smallest absolute Gasteiger partial charge is 0.271 e. The molecule has 0 radical (unpaired) electrons. The van der Waals surface area contributed by atoms with Crippen molar-refractivity contribution >= 4 is 15.7 Å². The first-order valence-corrected chi connectivity index (χ1v) is 12.3. The van der Waals surface area contributed by atoms with Gasteiger partial charge in [-0.15, -0.1) is 0 Å². The van der Waals surface area contributed by atoms with Gasteiger partial charge in [-0.1, -0.05) is 48.5 Å². The van der Waals surface area contributed by atoms with E-state index in [0.717, 1.165) is 11.6 Å². The number of halogens is 2. The van der Waals surface area contributed by atoms with Crippen molar-refractivity contribution in [2.45, 2.75) is 60.4 Å². The minimum Gasteiger partial charge on any atom is -0.336 e. The fourth-order valence-corrected chi connectivity index (χ4v) is 6.32. The zero-order valence-corrected chi connectivity index (χ0v) is 19.0. The molecule has 33 heavy (non-hydrogen) atoms. The van der Waals surface area contributed by atoms with Crippen LogP contribution in [0.3, 0.4) is 0 Å². The normalized spacial score (nSPS) is 22.5. The van der Waals surface area contributed by atoms with Crippen molar-refractivity contribution in [3.63, 3.8) is 0 Å². The Balaban J connectivity index is 1.65. The van der Waals surface area contributed by atoms with Crippen LogP contribution in [0.2, 0.25) is 0 Å². The van der Waals surface area contributed by atoms with Gasteiger partial charge < -0.3 is 5.32 Å². The molecule has 2 aromatic carbocycles. The highest BCUT2D eigenvalue weighted by atomic mass is 32.2. The van der Waals surface area contributed by atoms with Crippen LogP contribution in [-0.4, -0.2) is 42.6 Å². The molecule has 1 aliphatic carbocycles. The number of nitrogens with one attached hydrogen (secondary N) is 1. The molecule has 1 N–H and O–H groups in total. The summed E-state index contributed by atoms with van der Waals surface area (Å²) < 4.78 is 55.3. The molecular formula is C24H25F2N3O3S. The number of alkyl halides is 2. The standard InChI is InChI=1S/C24H25F2N3O3S/c1-23(25,26)19-9-5-6-10-21(19)33(31,32)18-13-20(22(30)28-24(16-27)11-12-24)29(15-18)14-17-7-3-2-4-8-17/h2-10,18,20H,11-15H2,1H3,(H,28,30)/t18-,20+/m1/s1. The van der Waals surface area contributed by atoms with E-state index in [0.29, 0.717) is 26.3 Å². The van der Waals surface area contributed by atoms with Crippen molar-refractivity contribution < 1.29 is 22.0 Å². The summed E-state index contributed by atoms with van der Waals surface area (Å²) in [5.74, 6) is -3.73. The third kappa shape index (κ3) is 4.77. The molecule has 2 fully saturated rings. The Morgan fingerprint density at radius 2 is 1.82 bits per heavy atom. The summed E-state index contributed by atoms with van der Waals surface area (Å²) in [7, 11) is -4.14. The summed E-state index contributed by atoms with van der Waals surface area (Å²) in [6, 6.07) is 15.8. The highest BCUT2D eigenvalue weighted by molar-refractivity contribution is 7.92. The molecule has 0 spiro atoms. The van der Waals surface area contributed by atoms with E-state index in [4.69, 9.17) is 0 Å². The van der Waals surface area contributed by atoms with E-state index in [-0.39, 0.29) is 13.0 Å². The van der Waals surface area contributed by atoms with Crippen molar-refractivity contribution in [2.24, 2.45) is 0 Å². The number of hydrogen-bond acceptors (Lipinski definition) is 5. The second kappa shape index (κ2) is 8.50. The van der Waals surface area contributed by atoms with Gasteiger partial charge in [-0.2, -0.15) is 5.26 Å². The van der Waals surface area contributed by atoms with Gasteiger partial charge in [0.2, 0.25) is 5.91 Å². The molecule has 1 aliphatic heterocycles. The lowest BCUT2D eigenvalue weighted by Gasteiger charge is -2.24. The molecule has 1 saturated carbocycles. The lowest BCUT2D eigenvalue weighted by atomic mass is 10.1. The number of nitrogens with zero attached hydrogens (tertiary/aromatic N) is 2. The number of carbonyl (C=O) groups is 1. The fourth-order valence-electron chi connectivity index (χ4n) is 4.32. The van der Waals surface area contributed by atoms with Gasteiger partial charge >= 0.3 is 0 Å². The second-order valence-corrected chi connectivity index (χ2v) is 11.1. The molecule has 1 heterocycles. The van der Waals surface area contributed by atoms with Crippen molar-refractivity contribution in [3.05, 3.63) is 65.7 Å². The van der Waals surface area contributed by atoms with Crippen LogP contribution in [0.5, 0.6) is 0 Å². The quantitative estimate of drug-likeness (QED) is 0.666. The monoisotopic (exact) mass is 473 g/mol. The van der Waals surface area contributed by atoms with E-state index in [9.17, 15) is 27.3 Å². The molecule has 1 saturated heterocycles. The summed E-state index contributed by atoms with van der Waals surface area (Å²) in [4.78, 5) is 14.4. The summed E-state index contributed by atoms with van der Waals surface area (Å²) >= 11 is 0. The average molecular weight is 474 g/mol. The Labute approximate surface area is 192 Å². The Hall–Kier alpha value is -2.83. The number of rotatable bonds is 7. The second-order valence-electron chi connectivity index (χ2n) is 8.90. The molecule has 0 bridgehead atoms. The first-order valence-electron chi connectivity index (χ1n) is 10.8. The molecule has 1 amide bonds. The SMILES string of the molecule is CC(F)(F)c1ccccc1S(=O)(=O)[C@@H]1C[C@@H](C(=O)NC2(C#N)CC2)N(Cc2ccccc2)C1. The lowest BCUT2D eigenvalue weighted by molar-refractivity contribution is -0.126. The lowest BCUT2D eigenvalue weighted by Crippen LogP contribution is -2.47. The van der Waals surface area contributed by atoms with Crippen LogP contribution in [0.4, 0.5) is 8.78 Å². The van der Waals surface area contributed by atoms with Gasteiger partial charge in [-0.25, -0.2) is 17.2 Å². The van der Waals surface area contributed by atoms with Crippen molar-refractivity contribution in [2.75, 3.05) is 6.54 Å². The third-order valence-electron chi connectivity index (χ3n) is 6.33. The summed E-state index contributed by atoms with van der Waals surface area (Å²) in [6.07, 6.45) is 1.08. The summed E-state index contributed by atoms with van der Waals surface area (Å²) in [6.45, 7) is 1.03. The van der Waals surface area contributed by atoms with Crippen LogP contribution in [0.15, 0.2) is 59.5 Å². The van der Waals surface area contributed by atoms with Gasteiger partial charge in [0.1, 0.15) is 5.54 Å². The van der Waals surface area contributed by atoms with E-state index < -0.39 is 49.0 Å². The maximum Gasteiger partial charge on any atom is 0.271 e. The molecule has 0 unspecified atom stereocenters. The zero-order chi connectivity index (χ0) is 23.9. The van der Waals surface area contributed by atoms with Gasteiger partial charge in [0.05, 0.1) is 22.3 Å². The van der Waals surface area contributed by atoms with E-state index >= 15 is 0 Å². The van der Waals surface area contributed by atoms with Gasteiger partial charge in [-0.05, 0) is 30.9 Å². The fraction of sp³-hybridized carbons (Fsp3) is 0.417. The van der Waals surface area contributed by atoms with Crippen LogP contribution < -0.4 is 5.32 Å². The molecule has 0 aromatic heterocycles. The van der Waals surface area contributed by atoms with E-state index in [1.165, 1.54) is 18.2 Å². The highest BCUT2D eigenvalue weighted by Gasteiger charge is 2.49. The van der Waals surface area contributed by atoms with Gasteiger partial charge in [0, 0.05) is 25.6 Å². The van der Waals surface area contributed by atoms with E-state index in [1.807, 2.05) is 30.3 Å². The van der Waals surface area contributed by atoms with Crippen LogP contribution in [-0.2, 0) is 27.1 Å². The van der Waals surface area contributed by atoms with Crippen molar-refractivity contribution in [3.8, 4) is 6.07 Å². The Morgan fingerprint density at radius 3 is 2.42 bits per heavy atom. The predicted octanol–water partition coefficient (Wildman–Crippen LogP) is 3.39. The third-order valence-corrected chi connectivity index (χ3v) is 8.52. The average Bonchev–Trinajstić information content (AvgIpc) is 3.42. The van der Waals surface area contributed by atoms with E-state index in [2.05, 4.69) is 11.4 Å². The highest BCUT2D eigenvalue weighted by Crippen LogP contribution is 2.38. The number of amides is 1. The summed E-state index contributed by atoms with van der Waals surface area (Å²) in [5, 5.41) is 11.1. The van der Waals surface area contributed by atoms with Crippen LogP contribution in [0, 0.1) is 11.3 Å². The first kappa shape index (κ1) is 23.3. The number of nitriles is 1. The van der Waals surface area contributed by atoms with E-state index in [1.54, 1.807) is 4.90 Å². The number of hydrogen-bond donors (Lipinski definition) is 1. The Morgan fingerprint density at radius 1 is 1.18 bits per heavy atom.